The highest BCUT2D eigenvalue weighted by atomic mass is 35.5. The van der Waals surface area contributed by atoms with Gasteiger partial charge in [-0.25, -0.2) is 21.2 Å². The minimum Gasteiger partial charge on any atom is -0.488 e. The summed E-state index contributed by atoms with van der Waals surface area (Å²) in [5.41, 5.74) is 0.561. The Labute approximate surface area is 256 Å². The van der Waals surface area contributed by atoms with E-state index < -0.39 is 43.9 Å². The van der Waals surface area contributed by atoms with E-state index in [2.05, 4.69) is 4.72 Å². The van der Waals surface area contributed by atoms with Crippen LogP contribution in [0.4, 0.5) is 10.1 Å². The lowest BCUT2D eigenvalue weighted by Crippen LogP contribution is -2.48. The SMILES string of the molecule is C[C@H]1CN([C@@H](C)CO)C(=O)Cc2cc(NS(=O)(=O)c3ccc(Cl)cc3)ccc2O[C@H]1CN(C)S(=O)(=O)c1ccc(F)cc1. The molecule has 3 aromatic carbocycles. The summed E-state index contributed by atoms with van der Waals surface area (Å²) in [6.07, 6.45) is -0.908. The lowest BCUT2D eigenvalue weighted by atomic mass is 10.0. The fourth-order valence-corrected chi connectivity index (χ4v) is 7.04. The molecular weight excluding hydrogens is 621 g/mol. The molecule has 232 valence electrons. The van der Waals surface area contributed by atoms with Crippen LogP contribution in [0.15, 0.2) is 76.5 Å². The van der Waals surface area contributed by atoms with E-state index in [1.54, 1.807) is 6.92 Å². The molecule has 1 amide bonds. The van der Waals surface area contributed by atoms with E-state index in [0.717, 1.165) is 16.4 Å². The Morgan fingerprint density at radius 3 is 2.33 bits per heavy atom. The number of anilines is 1. The number of fused-ring (bicyclic) bond motifs is 1. The molecule has 3 aromatic rings. The number of rotatable bonds is 9. The number of sulfonamides is 2. The topological polar surface area (TPSA) is 133 Å². The van der Waals surface area contributed by atoms with E-state index in [0.29, 0.717) is 10.6 Å². The van der Waals surface area contributed by atoms with Gasteiger partial charge in [0, 0.05) is 35.8 Å². The molecule has 0 unspecified atom stereocenters. The highest BCUT2D eigenvalue weighted by Crippen LogP contribution is 2.31. The molecule has 0 aromatic heterocycles. The predicted octanol–water partition coefficient (Wildman–Crippen LogP) is 3.75. The molecule has 10 nitrogen and oxygen atoms in total. The van der Waals surface area contributed by atoms with E-state index in [-0.39, 0.29) is 53.3 Å². The fourth-order valence-electron chi connectivity index (χ4n) is 4.68. The van der Waals surface area contributed by atoms with Crippen molar-refractivity contribution in [3.05, 3.63) is 83.1 Å². The van der Waals surface area contributed by atoms with Gasteiger partial charge < -0.3 is 14.7 Å². The molecule has 1 aliphatic rings. The first-order valence-electron chi connectivity index (χ1n) is 13.4. The zero-order valence-corrected chi connectivity index (χ0v) is 26.2. The number of halogens is 2. The summed E-state index contributed by atoms with van der Waals surface area (Å²) in [4.78, 5) is 14.9. The monoisotopic (exact) mass is 653 g/mol. The van der Waals surface area contributed by atoms with E-state index in [9.17, 15) is 31.1 Å². The Kier molecular flexibility index (Phi) is 10.0. The second kappa shape index (κ2) is 13.2. The number of hydrogen-bond acceptors (Lipinski definition) is 7. The van der Waals surface area contributed by atoms with Gasteiger partial charge >= 0.3 is 0 Å². The Morgan fingerprint density at radius 2 is 1.70 bits per heavy atom. The van der Waals surface area contributed by atoms with Gasteiger partial charge in [-0.1, -0.05) is 18.5 Å². The van der Waals surface area contributed by atoms with Gasteiger partial charge in [-0.3, -0.25) is 9.52 Å². The number of hydrogen-bond donors (Lipinski definition) is 2. The maximum absolute atomic E-state index is 13.5. The summed E-state index contributed by atoms with van der Waals surface area (Å²) < 4.78 is 75.8. The smallest absolute Gasteiger partial charge is 0.261 e. The number of benzene rings is 3. The van der Waals surface area contributed by atoms with Crippen molar-refractivity contribution in [2.45, 2.75) is 42.2 Å². The minimum absolute atomic E-state index is 0.00463. The zero-order valence-electron chi connectivity index (χ0n) is 23.8. The van der Waals surface area contributed by atoms with Crippen LogP contribution in [0.1, 0.15) is 19.4 Å². The molecule has 2 N–H and O–H groups in total. The molecule has 0 saturated carbocycles. The Hall–Kier alpha value is -3.23. The molecule has 1 aliphatic heterocycles. The summed E-state index contributed by atoms with van der Waals surface area (Å²) in [6, 6.07) is 14.1. The molecule has 43 heavy (non-hydrogen) atoms. The van der Waals surface area contributed by atoms with Crippen LogP contribution < -0.4 is 9.46 Å². The first kappa shape index (κ1) is 32.7. The van der Waals surface area contributed by atoms with Crippen LogP contribution in [0, 0.1) is 11.7 Å². The van der Waals surface area contributed by atoms with E-state index in [4.69, 9.17) is 16.3 Å². The zero-order chi connectivity index (χ0) is 31.5. The van der Waals surface area contributed by atoms with Crippen LogP contribution in [0.3, 0.4) is 0 Å². The van der Waals surface area contributed by atoms with Crippen LogP contribution >= 0.6 is 11.6 Å². The number of ether oxygens (including phenoxy) is 1. The minimum atomic E-state index is -4.01. The Balaban J connectivity index is 1.68. The first-order chi connectivity index (χ1) is 20.2. The third-order valence-electron chi connectivity index (χ3n) is 7.25. The van der Waals surface area contributed by atoms with Crippen molar-refractivity contribution in [1.29, 1.82) is 0 Å². The quantitative estimate of drug-likeness (QED) is 0.359. The van der Waals surface area contributed by atoms with E-state index in [1.165, 1.54) is 66.5 Å². The number of likely N-dealkylation sites (N-methyl/N-ethyl adjacent to an activating group) is 1. The molecule has 0 spiro atoms. The first-order valence-corrected chi connectivity index (χ1v) is 16.7. The van der Waals surface area contributed by atoms with Crippen molar-refractivity contribution < 1.29 is 35.9 Å². The number of nitrogens with zero attached hydrogens (tertiary/aromatic N) is 2. The highest BCUT2D eigenvalue weighted by Gasteiger charge is 2.33. The van der Waals surface area contributed by atoms with Crippen molar-refractivity contribution >= 4 is 43.2 Å². The third-order valence-corrected chi connectivity index (χ3v) is 10.7. The predicted molar refractivity (Wildman–Crippen MR) is 160 cm³/mol. The standard InChI is InChI=1S/C29H33ClFN3O7S2/c1-19-16-34(20(2)18-35)29(36)15-21-14-24(32-42(37,38)25-9-4-22(30)5-10-25)8-13-27(21)41-28(19)17-33(3)43(39,40)26-11-6-23(31)7-12-26/h4-14,19-20,28,32,35H,15-18H2,1-3H3/t19-,20-,28-/m0/s1. The molecular formula is C29H33ClFN3O7S2. The van der Waals surface area contributed by atoms with E-state index in [1.807, 2.05) is 6.92 Å². The van der Waals surface area contributed by atoms with Crippen molar-refractivity contribution in [2.75, 3.05) is 31.5 Å². The highest BCUT2D eigenvalue weighted by molar-refractivity contribution is 7.92. The number of aliphatic hydroxyl groups excluding tert-OH is 1. The number of carbonyl (C=O) groups is 1. The average Bonchev–Trinajstić information content (AvgIpc) is 3.00. The van der Waals surface area contributed by atoms with Gasteiger partial charge in [-0.2, -0.15) is 4.31 Å². The van der Waals surface area contributed by atoms with Gasteiger partial charge in [0.1, 0.15) is 17.7 Å². The van der Waals surface area contributed by atoms with E-state index >= 15 is 0 Å². The molecule has 0 aliphatic carbocycles. The summed E-state index contributed by atoms with van der Waals surface area (Å²) in [7, 11) is -6.60. The number of amides is 1. The number of nitrogens with one attached hydrogen (secondary N) is 1. The van der Waals surface area contributed by atoms with Crippen LogP contribution in [0.5, 0.6) is 5.75 Å². The largest absolute Gasteiger partial charge is 0.488 e. The summed E-state index contributed by atoms with van der Waals surface area (Å²) in [6.45, 7) is 3.27. The summed E-state index contributed by atoms with van der Waals surface area (Å²) >= 11 is 5.89. The maximum atomic E-state index is 13.5. The van der Waals surface area contributed by atoms with Gasteiger partial charge in [0.15, 0.2) is 0 Å². The molecule has 0 bridgehead atoms. The van der Waals surface area contributed by atoms with Crippen molar-refractivity contribution in [3.8, 4) is 5.75 Å². The Bertz CT molecular complexity index is 1670. The third kappa shape index (κ3) is 7.65. The molecule has 0 fully saturated rings. The van der Waals surface area contributed by atoms with Gasteiger partial charge in [0.05, 0.1) is 35.4 Å². The van der Waals surface area contributed by atoms with Crippen molar-refractivity contribution in [1.82, 2.24) is 9.21 Å². The fraction of sp³-hybridized carbons (Fsp3) is 0.345. The van der Waals surface area contributed by atoms with Crippen LogP contribution in [0.2, 0.25) is 5.02 Å². The molecule has 4 rings (SSSR count). The van der Waals surface area contributed by atoms with Crippen LogP contribution in [-0.2, 0) is 31.3 Å². The normalized spacial score (nSPS) is 18.7. The molecule has 0 saturated heterocycles. The van der Waals surface area contributed by atoms with Crippen molar-refractivity contribution in [3.63, 3.8) is 0 Å². The van der Waals surface area contributed by atoms with Gasteiger partial charge in [-0.05, 0) is 73.7 Å². The number of carbonyl (C=O) groups excluding carboxylic acids is 1. The molecule has 3 atom stereocenters. The lowest BCUT2D eigenvalue weighted by molar-refractivity contribution is -0.134. The van der Waals surface area contributed by atoms with Gasteiger partial charge in [0.25, 0.3) is 10.0 Å². The van der Waals surface area contributed by atoms with Gasteiger partial charge in [0.2, 0.25) is 15.9 Å². The molecule has 1 heterocycles. The Morgan fingerprint density at radius 1 is 1.07 bits per heavy atom. The van der Waals surface area contributed by atoms with Crippen LogP contribution in [0.25, 0.3) is 0 Å². The maximum Gasteiger partial charge on any atom is 0.261 e. The van der Waals surface area contributed by atoms with Crippen molar-refractivity contribution in [2.24, 2.45) is 5.92 Å². The summed E-state index contributed by atoms with van der Waals surface area (Å²) in [5.74, 6) is -0.989. The second-order valence-corrected chi connectivity index (χ2v) is 14.7. The summed E-state index contributed by atoms with van der Waals surface area (Å²) in [5, 5.41) is 10.2. The van der Waals surface area contributed by atoms with Gasteiger partial charge in [-0.15, -0.1) is 0 Å². The van der Waals surface area contributed by atoms with Crippen LogP contribution in [-0.4, -0.2) is 75.9 Å². The molecule has 14 heteroatoms. The second-order valence-electron chi connectivity index (χ2n) is 10.5. The molecule has 0 radical (unpaired) electrons. The number of aliphatic hydroxyl groups is 1. The average molecular weight is 654 g/mol. The lowest BCUT2D eigenvalue weighted by Gasteiger charge is -2.33.